The molecule has 0 fully saturated rings. The fraction of sp³-hybridized carbons (Fsp3) is 0.429. The molecule has 0 saturated carbocycles. The molecule has 0 aliphatic rings. The maximum Gasteiger partial charge on any atom is 0.321 e. The molecule has 3 amide bonds. The number of nitrogens with zero attached hydrogens (tertiary/aromatic N) is 1. The lowest BCUT2D eigenvalue weighted by atomic mass is 10.1. The molecule has 1 aromatic carbocycles. The average molecular weight is 263 g/mol. The standard InChI is InChI=1S/C14H21N3O2/c1-14(2,3)16-12(18)10-7-6-8-11(9-10)15-13(19)17(4)5/h6-9H,1-5H3,(H,15,19)(H,16,18). The molecule has 0 saturated heterocycles. The number of carbonyl (C=O) groups is 2. The number of carbonyl (C=O) groups excluding carboxylic acids is 2. The van der Waals surface area contributed by atoms with Crippen molar-refractivity contribution in [2.45, 2.75) is 26.3 Å². The molecule has 0 unspecified atom stereocenters. The lowest BCUT2D eigenvalue weighted by Crippen LogP contribution is -2.40. The van der Waals surface area contributed by atoms with Gasteiger partial charge in [-0.1, -0.05) is 6.07 Å². The third-order valence-electron chi connectivity index (χ3n) is 2.27. The van der Waals surface area contributed by atoms with Crippen LogP contribution >= 0.6 is 0 Å². The van der Waals surface area contributed by atoms with Crippen LogP contribution in [-0.2, 0) is 0 Å². The van der Waals surface area contributed by atoms with Gasteiger partial charge in [-0.25, -0.2) is 4.79 Å². The molecule has 0 radical (unpaired) electrons. The zero-order chi connectivity index (χ0) is 14.6. The van der Waals surface area contributed by atoms with Crippen molar-refractivity contribution in [1.29, 1.82) is 0 Å². The number of nitrogens with one attached hydrogen (secondary N) is 2. The summed E-state index contributed by atoms with van der Waals surface area (Å²) in [6.45, 7) is 5.76. The molecule has 0 aliphatic heterocycles. The van der Waals surface area contributed by atoms with Gasteiger partial charge in [-0.3, -0.25) is 4.79 Å². The van der Waals surface area contributed by atoms with Crippen LogP contribution in [0.5, 0.6) is 0 Å². The van der Waals surface area contributed by atoms with Gasteiger partial charge in [0.05, 0.1) is 0 Å². The maximum atomic E-state index is 12.0. The third kappa shape index (κ3) is 4.99. The van der Waals surface area contributed by atoms with Crippen molar-refractivity contribution in [3.8, 4) is 0 Å². The van der Waals surface area contributed by atoms with Crippen LogP contribution in [0.15, 0.2) is 24.3 Å². The minimum Gasteiger partial charge on any atom is -0.347 e. The van der Waals surface area contributed by atoms with Crippen molar-refractivity contribution in [3.63, 3.8) is 0 Å². The number of rotatable bonds is 2. The molecule has 0 bridgehead atoms. The summed E-state index contributed by atoms with van der Waals surface area (Å²) in [6, 6.07) is 6.63. The van der Waals surface area contributed by atoms with Gasteiger partial charge in [0.2, 0.25) is 0 Å². The Morgan fingerprint density at radius 3 is 2.32 bits per heavy atom. The van der Waals surface area contributed by atoms with Crippen LogP contribution in [-0.4, -0.2) is 36.5 Å². The zero-order valence-electron chi connectivity index (χ0n) is 12.1. The van der Waals surface area contributed by atoms with Gasteiger partial charge in [-0.05, 0) is 39.0 Å². The topological polar surface area (TPSA) is 61.4 Å². The number of anilines is 1. The summed E-state index contributed by atoms with van der Waals surface area (Å²) < 4.78 is 0. The van der Waals surface area contributed by atoms with Crippen LogP contribution in [0.2, 0.25) is 0 Å². The van der Waals surface area contributed by atoms with Crippen molar-refractivity contribution in [2.75, 3.05) is 19.4 Å². The van der Waals surface area contributed by atoms with E-state index >= 15 is 0 Å². The molecule has 0 heterocycles. The zero-order valence-corrected chi connectivity index (χ0v) is 12.1. The van der Waals surface area contributed by atoms with Crippen molar-refractivity contribution >= 4 is 17.6 Å². The molecule has 1 rings (SSSR count). The van der Waals surface area contributed by atoms with Gasteiger partial charge in [0.1, 0.15) is 0 Å². The summed E-state index contributed by atoms with van der Waals surface area (Å²) in [5.74, 6) is -0.159. The summed E-state index contributed by atoms with van der Waals surface area (Å²) in [5.41, 5.74) is 0.826. The SMILES string of the molecule is CN(C)C(=O)Nc1cccc(C(=O)NC(C)(C)C)c1. The molecule has 104 valence electrons. The highest BCUT2D eigenvalue weighted by Crippen LogP contribution is 2.12. The third-order valence-corrected chi connectivity index (χ3v) is 2.27. The van der Waals surface area contributed by atoms with Crippen LogP contribution in [0.3, 0.4) is 0 Å². The summed E-state index contributed by atoms with van der Waals surface area (Å²) in [5, 5.41) is 5.58. The first-order valence-electron chi connectivity index (χ1n) is 6.10. The minimum atomic E-state index is -0.292. The minimum absolute atomic E-state index is 0.159. The molecule has 0 aromatic heterocycles. The van der Waals surface area contributed by atoms with Gasteiger partial charge < -0.3 is 15.5 Å². The number of hydrogen-bond acceptors (Lipinski definition) is 2. The first-order chi connectivity index (χ1) is 8.69. The molecule has 0 atom stereocenters. The number of hydrogen-bond donors (Lipinski definition) is 2. The lowest BCUT2D eigenvalue weighted by Gasteiger charge is -2.20. The summed E-state index contributed by atoms with van der Waals surface area (Å²) in [4.78, 5) is 25.0. The molecule has 1 aromatic rings. The quantitative estimate of drug-likeness (QED) is 0.860. The normalized spacial score (nSPS) is 10.8. The summed E-state index contributed by atoms with van der Waals surface area (Å²) >= 11 is 0. The Labute approximate surface area is 114 Å². The Hall–Kier alpha value is -2.04. The van der Waals surface area contributed by atoms with E-state index in [1.54, 1.807) is 38.4 Å². The monoisotopic (exact) mass is 263 g/mol. The highest BCUT2D eigenvalue weighted by atomic mass is 16.2. The van der Waals surface area contributed by atoms with Crippen molar-refractivity contribution in [1.82, 2.24) is 10.2 Å². The molecule has 0 spiro atoms. The second-order valence-electron chi connectivity index (χ2n) is 5.61. The van der Waals surface area contributed by atoms with Crippen molar-refractivity contribution in [3.05, 3.63) is 29.8 Å². The van der Waals surface area contributed by atoms with Crippen LogP contribution in [0.4, 0.5) is 10.5 Å². The number of urea groups is 1. The van der Waals surface area contributed by atoms with E-state index in [1.165, 1.54) is 4.90 Å². The Bertz CT molecular complexity index is 476. The van der Waals surface area contributed by atoms with E-state index in [4.69, 9.17) is 0 Å². The molecule has 5 nitrogen and oxygen atoms in total. The lowest BCUT2D eigenvalue weighted by molar-refractivity contribution is 0.0919. The molecular formula is C14H21N3O2. The predicted molar refractivity (Wildman–Crippen MR) is 76.4 cm³/mol. The van der Waals surface area contributed by atoms with Crippen molar-refractivity contribution in [2.24, 2.45) is 0 Å². The first kappa shape index (κ1) is 15.0. The second kappa shape index (κ2) is 5.73. The van der Waals surface area contributed by atoms with Crippen LogP contribution in [0.1, 0.15) is 31.1 Å². The van der Waals surface area contributed by atoms with E-state index in [0.29, 0.717) is 11.3 Å². The summed E-state index contributed by atoms with van der Waals surface area (Å²) in [6.07, 6.45) is 0. The second-order valence-corrected chi connectivity index (χ2v) is 5.61. The maximum absolute atomic E-state index is 12.0. The molecule has 5 heteroatoms. The number of benzene rings is 1. The van der Waals surface area contributed by atoms with E-state index in [-0.39, 0.29) is 17.5 Å². The van der Waals surface area contributed by atoms with E-state index in [9.17, 15) is 9.59 Å². The number of amides is 3. The van der Waals surface area contributed by atoms with Crippen LogP contribution in [0.25, 0.3) is 0 Å². The Kier molecular flexibility index (Phi) is 4.53. The molecule has 2 N–H and O–H groups in total. The van der Waals surface area contributed by atoms with E-state index in [0.717, 1.165) is 0 Å². The fourth-order valence-corrected chi connectivity index (χ4v) is 1.39. The van der Waals surface area contributed by atoms with Gasteiger partial charge in [-0.15, -0.1) is 0 Å². The Morgan fingerprint density at radius 2 is 1.79 bits per heavy atom. The Morgan fingerprint density at radius 1 is 1.16 bits per heavy atom. The highest BCUT2D eigenvalue weighted by molar-refractivity contribution is 5.97. The van der Waals surface area contributed by atoms with Gasteiger partial charge in [0.15, 0.2) is 0 Å². The van der Waals surface area contributed by atoms with E-state index in [2.05, 4.69) is 10.6 Å². The van der Waals surface area contributed by atoms with Gasteiger partial charge in [-0.2, -0.15) is 0 Å². The van der Waals surface area contributed by atoms with Gasteiger partial charge in [0.25, 0.3) is 5.91 Å². The molecule has 19 heavy (non-hydrogen) atoms. The average Bonchev–Trinajstić information content (AvgIpc) is 2.27. The summed E-state index contributed by atoms with van der Waals surface area (Å²) in [7, 11) is 3.32. The van der Waals surface area contributed by atoms with E-state index < -0.39 is 0 Å². The van der Waals surface area contributed by atoms with E-state index in [1.807, 2.05) is 20.8 Å². The van der Waals surface area contributed by atoms with Crippen molar-refractivity contribution < 1.29 is 9.59 Å². The highest BCUT2D eigenvalue weighted by Gasteiger charge is 2.15. The fourth-order valence-electron chi connectivity index (χ4n) is 1.39. The molecule has 0 aliphatic carbocycles. The largest absolute Gasteiger partial charge is 0.347 e. The van der Waals surface area contributed by atoms with Gasteiger partial charge >= 0.3 is 6.03 Å². The molecular weight excluding hydrogens is 242 g/mol. The van der Waals surface area contributed by atoms with Crippen LogP contribution < -0.4 is 10.6 Å². The smallest absolute Gasteiger partial charge is 0.321 e. The van der Waals surface area contributed by atoms with Crippen LogP contribution in [0, 0.1) is 0 Å². The first-order valence-corrected chi connectivity index (χ1v) is 6.10. The predicted octanol–water partition coefficient (Wildman–Crippen LogP) is 2.31. The van der Waals surface area contributed by atoms with Gasteiger partial charge in [0, 0.05) is 30.9 Å². The Balaban J connectivity index is 2.83.